The zero-order valence-electron chi connectivity index (χ0n) is 8.96. The molecule has 1 rings (SSSR count). The van der Waals surface area contributed by atoms with E-state index >= 15 is 0 Å². The molecule has 1 saturated heterocycles. The molecule has 2 unspecified atom stereocenters. The molecule has 80 valence electrons. The van der Waals surface area contributed by atoms with E-state index < -0.39 is 0 Å². The summed E-state index contributed by atoms with van der Waals surface area (Å²) in [5.41, 5.74) is 0. The largest absolute Gasteiger partial charge is 0.378 e. The molecule has 0 aliphatic carbocycles. The first-order valence-electron chi connectivity index (χ1n) is 5.57. The van der Waals surface area contributed by atoms with E-state index in [9.17, 15) is 0 Å². The Kier molecular flexibility index (Phi) is 5.58. The van der Waals surface area contributed by atoms with Crippen molar-refractivity contribution in [2.45, 2.75) is 38.7 Å². The van der Waals surface area contributed by atoms with E-state index in [1.165, 1.54) is 6.42 Å². The molecular formula is C11H20N2O. The van der Waals surface area contributed by atoms with Crippen molar-refractivity contribution < 1.29 is 4.74 Å². The highest BCUT2D eigenvalue weighted by atomic mass is 16.5. The molecule has 3 nitrogen and oxygen atoms in total. The van der Waals surface area contributed by atoms with Gasteiger partial charge >= 0.3 is 0 Å². The average Bonchev–Trinajstić information content (AvgIpc) is 2.65. The van der Waals surface area contributed by atoms with Gasteiger partial charge in [-0.25, -0.2) is 0 Å². The summed E-state index contributed by atoms with van der Waals surface area (Å²) in [6.45, 7) is 5.10. The summed E-state index contributed by atoms with van der Waals surface area (Å²) in [6.07, 6.45) is 4.37. The minimum absolute atomic E-state index is 0.457. The van der Waals surface area contributed by atoms with E-state index in [0.29, 0.717) is 18.4 Å². The highest BCUT2D eigenvalue weighted by Crippen LogP contribution is 2.22. The first-order valence-corrected chi connectivity index (χ1v) is 5.57. The van der Waals surface area contributed by atoms with Crippen LogP contribution in [-0.4, -0.2) is 25.8 Å². The smallest absolute Gasteiger partial charge is 0.0622 e. The van der Waals surface area contributed by atoms with Gasteiger partial charge in [0.2, 0.25) is 0 Å². The fourth-order valence-electron chi connectivity index (χ4n) is 1.96. The van der Waals surface area contributed by atoms with Crippen LogP contribution in [0.4, 0.5) is 0 Å². The molecular weight excluding hydrogens is 176 g/mol. The van der Waals surface area contributed by atoms with Gasteiger partial charge < -0.3 is 10.1 Å². The third-order valence-corrected chi connectivity index (χ3v) is 2.80. The highest BCUT2D eigenvalue weighted by molar-refractivity contribution is 4.77. The standard InChI is InChI=1S/C11H20N2O/c1-2-11-10(5-8-14-11)9-13-7-4-3-6-12/h10-11,13H,2-5,7-9H2,1H3. The molecule has 14 heavy (non-hydrogen) atoms. The van der Waals surface area contributed by atoms with Gasteiger partial charge in [-0.3, -0.25) is 0 Å². The molecule has 0 aromatic rings. The topological polar surface area (TPSA) is 45.0 Å². The first kappa shape index (κ1) is 11.5. The van der Waals surface area contributed by atoms with Crippen LogP contribution in [0.5, 0.6) is 0 Å². The minimum Gasteiger partial charge on any atom is -0.378 e. The SMILES string of the molecule is CCC1OCCC1CNCCCC#N. The summed E-state index contributed by atoms with van der Waals surface area (Å²) >= 11 is 0. The lowest BCUT2D eigenvalue weighted by atomic mass is 10.00. The third-order valence-electron chi connectivity index (χ3n) is 2.80. The van der Waals surface area contributed by atoms with Crippen molar-refractivity contribution in [3.05, 3.63) is 0 Å². The van der Waals surface area contributed by atoms with Gasteiger partial charge in [-0.2, -0.15) is 5.26 Å². The molecule has 1 N–H and O–H groups in total. The molecule has 3 heteroatoms. The van der Waals surface area contributed by atoms with Crippen molar-refractivity contribution in [2.75, 3.05) is 19.7 Å². The average molecular weight is 196 g/mol. The molecule has 1 aliphatic rings. The molecule has 0 aromatic heterocycles. The summed E-state index contributed by atoms with van der Waals surface area (Å²) in [6, 6.07) is 2.15. The number of nitriles is 1. The summed E-state index contributed by atoms with van der Waals surface area (Å²) in [5, 5.41) is 11.8. The van der Waals surface area contributed by atoms with Crippen LogP contribution in [0.1, 0.15) is 32.6 Å². The van der Waals surface area contributed by atoms with Gasteiger partial charge in [0.1, 0.15) is 0 Å². The number of nitrogens with one attached hydrogen (secondary N) is 1. The van der Waals surface area contributed by atoms with Crippen molar-refractivity contribution in [1.82, 2.24) is 5.32 Å². The van der Waals surface area contributed by atoms with Crippen LogP contribution in [0.15, 0.2) is 0 Å². The van der Waals surface area contributed by atoms with E-state index in [2.05, 4.69) is 18.3 Å². The van der Waals surface area contributed by atoms with Gasteiger partial charge in [0.25, 0.3) is 0 Å². The van der Waals surface area contributed by atoms with Gasteiger partial charge in [-0.15, -0.1) is 0 Å². The lowest BCUT2D eigenvalue weighted by Gasteiger charge is -2.16. The molecule has 0 spiro atoms. The second kappa shape index (κ2) is 6.80. The molecule has 0 aromatic carbocycles. The van der Waals surface area contributed by atoms with Gasteiger partial charge in [0.15, 0.2) is 0 Å². The number of hydrogen-bond acceptors (Lipinski definition) is 3. The maximum absolute atomic E-state index is 8.36. The van der Waals surface area contributed by atoms with Crippen LogP contribution in [0, 0.1) is 17.2 Å². The summed E-state index contributed by atoms with van der Waals surface area (Å²) in [7, 11) is 0. The predicted molar refractivity (Wildman–Crippen MR) is 55.9 cm³/mol. The number of ether oxygens (including phenoxy) is 1. The van der Waals surface area contributed by atoms with E-state index in [4.69, 9.17) is 10.00 Å². The van der Waals surface area contributed by atoms with Crippen LogP contribution in [-0.2, 0) is 4.74 Å². The van der Waals surface area contributed by atoms with E-state index in [0.717, 1.165) is 32.5 Å². The Balaban J connectivity index is 2.03. The van der Waals surface area contributed by atoms with Crippen molar-refractivity contribution in [3.8, 4) is 6.07 Å². The lowest BCUT2D eigenvalue weighted by Crippen LogP contribution is -2.28. The minimum atomic E-state index is 0.457. The fraction of sp³-hybridized carbons (Fsp3) is 0.909. The van der Waals surface area contributed by atoms with Gasteiger partial charge in [-0.1, -0.05) is 6.92 Å². The van der Waals surface area contributed by atoms with Crippen molar-refractivity contribution in [1.29, 1.82) is 5.26 Å². The molecule has 0 bridgehead atoms. The Morgan fingerprint density at radius 2 is 2.43 bits per heavy atom. The third kappa shape index (κ3) is 3.65. The summed E-state index contributed by atoms with van der Waals surface area (Å²) < 4.78 is 5.60. The quantitative estimate of drug-likeness (QED) is 0.658. The number of nitrogens with zero attached hydrogens (tertiary/aromatic N) is 1. The Bertz CT molecular complexity index is 188. The lowest BCUT2D eigenvalue weighted by molar-refractivity contribution is 0.0873. The van der Waals surface area contributed by atoms with Gasteiger partial charge in [-0.05, 0) is 31.7 Å². The second-order valence-corrected chi connectivity index (χ2v) is 3.83. The van der Waals surface area contributed by atoms with Gasteiger partial charge in [0.05, 0.1) is 12.2 Å². The molecule has 2 atom stereocenters. The van der Waals surface area contributed by atoms with Crippen LogP contribution in [0.3, 0.4) is 0 Å². The van der Waals surface area contributed by atoms with Crippen molar-refractivity contribution in [2.24, 2.45) is 5.92 Å². The second-order valence-electron chi connectivity index (χ2n) is 3.83. The van der Waals surface area contributed by atoms with Crippen LogP contribution < -0.4 is 5.32 Å². The highest BCUT2D eigenvalue weighted by Gasteiger charge is 2.25. The maximum atomic E-state index is 8.36. The zero-order chi connectivity index (χ0) is 10.2. The molecule has 1 aliphatic heterocycles. The number of rotatable bonds is 6. The van der Waals surface area contributed by atoms with Crippen LogP contribution in [0.2, 0.25) is 0 Å². The Morgan fingerprint density at radius 1 is 1.57 bits per heavy atom. The molecule has 1 fully saturated rings. The first-order chi connectivity index (χ1) is 6.88. The summed E-state index contributed by atoms with van der Waals surface area (Å²) in [5.74, 6) is 0.682. The number of unbranched alkanes of at least 4 members (excludes halogenated alkanes) is 1. The molecule has 0 radical (unpaired) electrons. The van der Waals surface area contributed by atoms with Crippen LogP contribution >= 0.6 is 0 Å². The fourth-order valence-corrected chi connectivity index (χ4v) is 1.96. The van der Waals surface area contributed by atoms with Crippen LogP contribution in [0.25, 0.3) is 0 Å². The normalized spacial score (nSPS) is 26.3. The monoisotopic (exact) mass is 196 g/mol. The maximum Gasteiger partial charge on any atom is 0.0622 e. The van der Waals surface area contributed by atoms with E-state index in [1.54, 1.807) is 0 Å². The van der Waals surface area contributed by atoms with Crippen molar-refractivity contribution >= 4 is 0 Å². The number of hydrogen-bond donors (Lipinski definition) is 1. The summed E-state index contributed by atoms with van der Waals surface area (Å²) in [4.78, 5) is 0. The van der Waals surface area contributed by atoms with E-state index in [-0.39, 0.29) is 0 Å². The Morgan fingerprint density at radius 3 is 3.14 bits per heavy atom. The van der Waals surface area contributed by atoms with Gasteiger partial charge in [0, 0.05) is 19.6 Å². The molecule has 1 heterocycles. The molecule has 0 saturated carbocycles. The molecule has 0 amide bonds. The van der Waals surface area contributed by atoms with Crippen molar-refractivity contribution in [3.63, 3.8) is 0 Å². The zero-order valence-corrected chi connectivity index (χ0v) is 8.96. The Labute approximate surface area is 86.4 Å². The predicted octanol–water partition coefficient (Wildman–Crippen LogP) is 1.69. The van der Waals surface area contributed by atoms with E-state index in [1.807, 2.05) is 0 Å². The Hall–Kier alpha value is -0.590.